The molecule has 0 saturated heterocycles. The van der Waals surface area contributed by atoms with E-state index in [0.717, 1.165) is 0 Å². The molecule has 0 radical (unpaired) electrons. The van der Waals surface area contributed by atoms with Crippen LogP contribution in [0.25, 0.3) is 0 Å². The van der Waals surface area contributed by atoms with Crippen molar-refractivity contribution >= 4 is 31.8 Å². The lowest BCUT2D eigenvalue weighted by molar-refractivity contribution is 0.236. The molecule has 4 nitrogen and oxygen atoms in total. The number of nitrogens with one attached hydrogen (secondary N) is 1. The zero-order valence-corrected chi connectivity index (χ0v) is 9.02. The van der Waals surface area contributed by atoms with Gasteiger partial charge in [-0.25, -0.2) is 13.4 Å². The number of anilines is 1. The lowest BCUT2D eigenvalue weighted by Crippen LogP contribution is -2.21. The van der Waals surface area contributed by atoms with Crippen molar-refractivity contribution in [1.82, 2.24) is 4.98 Å². The lowest BCUT2D eigenvalue weighted by Gasteiger charge is -2.05. The van der Waals surface area contributed by atoms with E-state index < -0.39 is 15.8 Å². The van der Waals surface area contributed by atoms with Crippen molar-refractivity contribution in [2.75, 3.05) is 4.72 Å². The van der Waals surface area contributed by atoms with E-state index in [2.05, 4.69) is 20.9 Å². The number of sulfonamides is 1. The molecule has 0 aliphatic carbocycles. The highest BCUT2D eigenvalue weighted by molar-refractivity contribution is 9.10. The molecular weight excluding hydrogens is 282 g/mol. The largest absolute Gasteiger partial charge is 0.355 e. The van der Waals surface area contributed by atoms with Gasteiger partial charge in [0, 0.05) is 0 Å². The summed E-state index contributed by atoms with van der Waals surface area (Å²) in [6, 6.07) is 4.28. The Bertz CT molecular complexity index is 424. The predicted octanol–water partition coefficient (Wildman–Crippen LogP) is 1.81. The van der Waals surface area contributed by atoms with Gasteiger partial charge in [0.25, 0.3) is 10.0 Å². The van der Waals surface area contributed by atoms with Gasteiger partial charge in [0.15, 0.2) is 0 Å². The molecule has 0 aliphatic rings. The Morgan fingerprint density at radius 3 is 2.57 bits per heavy atom. The summed E-state index contributed by atoms with van der Waals surface area (Å²) < 4.78 is 47.2. The third-order valence-corrected chi connectivity index (χ3v) is 2.60. The smallest absolute Gasteiger partial charge is 0.263 e. The number of rotatable bonds is 3. The van der Waals surface area contributed by atoms with Crippen molar-refractivity contribution in [3.63, 3.8) is 0 Å². The molecule has 1 heterocycles. The zero-order chi connectivity index (χ0) is 10.8. The summed E-state index contributed by atoms with van der Waals surface area (Å²) in [6.07, 6.45) is 0. The molecule has 78 valence electrons. The number of aromatic nitrogens is 1. The Hall–Kier alpha value is -0.760. The lowest BCUT2D eigenvalue weighted by atomic mass is 10.5. The van der Waals surface area contributed by atoms with Crippen molar-refractivity contribution in [3.05, 3.63) is 22.8 Å². The Labute approximate surface area is 87.5 Å². The molecule has 1 rings (SSSR count). The summed E-state index contributed by atoms with van der Waals surface area (Å²) in [6.45, 7) is 0. The van der Waals surface area contributed by atoms with Crippen molar-refractivity contribution in [1.29, 1.82) is 0 Å². The molecule has 0 saturated carbocycles. The normalized spacial score (nSPS) is 11.7. The first-order chi connectivity index (χ1) is 6.42. The van der Waals surface area contributed by atoms with Gasteiger partial charge in [-0.15, -0.1) is 0 Å². The quantitative estimate of drug-likeness (QED) is 0.862. The van der Waals surface area contributed by atoms with E-state index in [-0.39, 0.29) is 5.82 Å². The number of halogens is 3. The number of nitrogens with zero attached hydrogens (tertiary/aromatic N) is 1. The van der Waals surface area contributed by atoms with Crippen LogP contribution in [0.2, 0.25) is 0 Å². The van der Waals surface area contributed by atoms with E-state index in [1.54, 1.807) is 10.8 Å². The van der Waals surface area contributed by atoms with E-state index in [1.807, 2.05) is 0 Å². The Kier molecular flexibility index (Phi) is 3.38. The number of hydrogen-bond donors (Lipinski definition) is 1. The standard InChI is InChI=1S/C6H5BrF2N2O2S/c7-4-2-1-3-5(10-4)11-14(12,13)6(8)9/h1-3,6H,(H,10,11). The molecule has 0 unspecified atom stereocenters. The molecule has 8 heteroatoms. The fourth-order valence-electron chi connectivity index (χ4n) is 0.655. The molecule has 14 heavy (non-hydrogen) atoms. The molecule has 0 aliphatic heterocycles. The average Bonchev–Trinajstić information content (AvgIpc) is 2.02. The number of pyridine rings is 1. The molecule has 0 bridgehead atoms. The topological polar surface area (TPSA) is 59.1 Å². The highest BCUT2D eigenvalue weighted by Crippen LogP contribution is 2.14. The number of hydrogen-bond acceptors (Lipinski definition) is 3. The van der Waals surface area contributed by atoms with Crippen LogP contribution in [0.4, 0.5) is 14.6 Å². The first kappa shape index (κ1) is 11.3. The second kappa shape index (κ2) is 4.18. The maximum Gasteiger partial charge on any atom is 0.355 e. The van der Waals surface area contributed by atoms with Crippen LogP contribution in [0.15, 0.2) is 22.8 Å². The molecule has 1 aromatic heterocycles. The summed E-state index contributed by atoms with van der Waals surface area (Å²) in [5.41, 5.74) is 0. The summed E-state index contributed by atoms with van der Waals surface area (Å²) >= 11 is 2.97. The minimum Gasteiger partial charge on any atom is -0.263 e. The number of alkyl halides is 2. The third-order valence-electron chi connectivity index (χ3n) is 1.20. The van der Waals surface area contributed by atoms with E-state index >= 15 is 0 Å². The van der Waals surface area contributed by atoms with Crippen LogP contribution in [0.5, 0.6) is 0 Å². The molecule has 0 fully saturated rings. The van der Waals surface area contributed by atoms with Crippen LogP contribution in [0, 0.1) is 0 Å². The summed E-state index contributed by atoms with van der Waals surface area (Å²) in [5.74, 6) is -3.62. The van der Waals surface area contributed by atoms with Crippen LogP contribution < -0.4 is 4.72 Å². The Morgan fingerprint density at radius 1 is 1.43 bits per heavy atom. The van der Waals surface area contributed by atoms with Crippen LogP contribution in [0.1, 0.15) is 0 Å². The van der Waals surface area contributed by atoms with Crippen molar-refractivity contribution in [2.45, 2.75) is 5.76 Å². The van der Waals surface area contributed by atoms with E-state index in [1.165, 1.54) is 12.1 Å². The van der Waals surface area contributed by atoms with Gasteiger partial charge in [0.2, 0.25) is 0 Å². The Morgan fingerprint density at radius 2 is 2.07 bits per heavy atom. The highest BCUT2D eigenvalue weighted by Gasteiger charge is 2.23. The maximum absolute atomic E-state index is 11.9. The fraction of sp³-hybridized carbons (Fsp3) is 0.167. The monoisotopic (exact) mass is 286 g/mol. The molecule has 0 aromatic carbocycles. The first-order valence-electron chi connectivity index (χ1n) is 3.34. The van der Waals surface area contributed by atoms with Crippen molar-refractivity contribution < 1.29 is 17.2 Å². The minimum absolute atomic E-state index is 0.153. The maximum atomic E-state index is 11.9. The highest BCUT2D eigenvalue weighted by atomic mass is 79.9. The fourth-order valence-corrected chi connectivity index (χ4v) is 1.49. The van der Waals surface area contributed by atoms with Crippen molar-refractivity contribution in [2.24, 2.45) is 0 Å². The SMILES string of the molecule is O=S(=O)(Nc1cccc(Br)n1)C(F)F. The van der Waals surface area contributed by atoms with Gasteiger partial charge in [-0.1, -0.05) is 6.07 Å². The molecule has 0 amide bonds. The molecule has 1 N–H and O–H groups in total. The Balaban J connectivity index is 2.90. The van der Waals surface area contributed by atoms with Gasteiger partial charge in [0.05, 0.1) is 0 Å². The predicted molar refractivity (Wildman–Crippen MR) is 50.5 cm³/mol. The van der Waals surface area contributed by atoms with E-state index in [0.29, 0.717) is 4.60 Å². The average molecular weight is 287 g/mol. The van der Waals surface area contributed by atoms with Crippen LogP contribution in [-0.2, 0) is 10.0 Å². The minimum atomic E-state index is -4.63. The summed E-state index contributed by atoms with van der Waals surface area (Å²) in [7, 11) is -4.63. The van der Waals surface area contributed by atoms with Gasteiger partial charge in [-0.05, 0) is 28.1 Å². The molecule has 1 aromatic rings. The molecular formula is C6H5BrF2N2O2S. The van der Waals surface area contributed by atoms with Gasteiger partial charge < -0.3 is 0 Å². The molecule has 0 atom stereocenters. The summed E-state index contributed by atoms with van der Waals surface area (Å²) in [4.78, 5) is 3.63. The second-order valence-corrected chi connectivity index (χ2v) is 4.72. The zero-order valence-electron chi connectivity index (χ0n) is 6.62. The van der Waals surface area contributed by atoms with Crippen LogP contribution in [-0.4, -0.2) is 19.2 Å². The summed E-state index contributed by atoms with van der Waals surface area (Å²) in [5, 5.41) is 0. The third kappa shape index (κ3) is 2.88. The van der Waals surface area contributed by atoms with Gasteiger partial charge >= 0.3 is 5.76 Å². The van der Waals surface area contributed by atoms with E-state index in [4.69, 9.17) is 0 Å². The van der Waals surface area contributed by atoms with Crippen LogP contribution >= 0.6 is 15.9 Å². The van der Waals surface area contributed by atoms with Gasteiger partial charge in [0.1, 0.15) is 10.4 Å². The molecule has 0 spiro atoms. The van der Waals surface area contributed by atoms with Crippen molar-refractivity contribution in [3.8, 4) is 0 Å². The van der Waals surface area contributed by atoms with Gasteiger partial charge in [-0.2, -0.15) is 8.78 Å². The first-order valence-corrected chi connectivity index (χ1v) is 5.68. The second-order valence-electron chi connectivity index (χ2n) is 2.25. The van der Waals surface area contributed by atoms with Gasteiger partial charge in [-0.3, -0.25) is 4.72 Å². The van der Waals surface area contributed by atoms with Crippen LogP contribution in [0.3, 0.4) is 0 Å². The van der Waals surface area contributed by atoms with E-state index in [9.17, 15) is 17.2 Å².